The van der Waals surface area contributed by atoms with Crippen LogP contribution in [0, 0.1) is 0 Å². The van der Waals surface area contributed by atoms with Crippen LogP contribution in [0.5, 0.6) is 5.75 Å². The van der Waals surface area contributed by atoms with Crippen LogP contribution in [0.4, 0.5) is 5.69 Å². The quantitative estimate of drug-likeness (QED) is 0.508. The topological polar surface area (TPSA) is 93.5 Å². The number of carboxylic acids is 1. The van der Waals surface area contributed by atoms with E-state index < -0.39 is 5.97 Å². The number of carboxylic acid groups (broad SMARTS) is 1. The largest absolute Gasteiger partial charge is 0.497 e. The number of amides is 1. The lowest BCUT2D eigenvalue weighted by Gasteiger charge is -2.09. The van der Waals surface area contributed by atoms with Gasteiger partial charge in [-0.15, -0.1) is 0 Å². The van der Waals surface area contributed by atoms with E-state index in [0.717, 1.165) is 11.1 Å². The summed E-state index contributed by atoms with van der Waals surface area (Å²) < 4.78 is 6.82. The summed E-state index contributed by atoms with van der Waals surface area (Å²) in [6.07, 6.45) is 0. The summed E-state index contributed by atoms with van der Waals surface area (Å²) in [4.78, 5) is 28.5. The second-order valence-corrected chi connectivity index (χ2v) is 6.67. The number of imidazole rings is 1. The van der Waals surface area contributed by atoms with E-state index in [0.29, 0.717) is 28.3 Å². The van der Waals surface area contributed by atoms with Crippen LogP contribution in [0.25, 0.3) is 22.4 Å². The molecular weight excluding hydrogens is 382 g/mol. The molecular formula is C23H19N3O4. The molecule has 7 nitrogen and oxygen atoms in total. The number of carbonyl (C=O) groups is 2. The maximum atomic E-state index is 12.6. The van der Waals surface area contributed by atoms with Crippen LogP contribution in [-0.4, -0.2) is 33.6 Å². The van der Waals surface area contributed by atoms with Gasteiger partial charge in [0.2, 0.25) is 0 Å². The maximum Gasteiger partial charge on any atom is 0.323 e. The van der Waals surface area contributed by atoms with E-state index >= 15 is 0 Å². The SMILES string of the molecule is COc1cccc(NC(=O)c2ccc(-c3nc4ccccc4n3CC(=O)O)cc2)c1. The summed E-state index contributed by atoms with van der Waals surface area (Å²) in [5.74, 6) is -0.0126. The molecule has 0 atom stereocenters. The van der Waals surface area contributed by atoms with Crippen molar-refractivity contribution in [2.75, 3.05) is 12.4 Å². The number of methoxy groups -OCH3 is 1. The second-order valence-electron chi connectivity index (χ2n) is 6.67. The lowest BCUT2D eigenvalue weighted by Crippen LogP contribution is -2.12. The molecule has 0 spiro atoms. The predicted octanol–water partition coefficient (Wildman–Crippen LogP) is 4.05. The molecule has 0 bridgehead atoms. The van der Waals surface area contributed by atoms with Gasteiger partial charge in [-0.2, -0.15) is 0 Å². The fraction of sp³-hybridized carbons (Fsp3) is 0.0870. The average Bonchev–Trinajstić information content (AvgIpc) is 3.12. The molecule has 0 aliphatic rings. The lowest BCUT2D eigenvalue weighted by molar-refractivity contribution is -0.137. The van der Waals surface area contributed by atoms with Gasteiger partial charge >= 0.3 is 5.97 Å². The van der Waals surface area contributed by atoms with Crippen LogP contribution < -0.4 is 10.1 Å². The van der Waals surface area contributed by atoms with Gasteiger partial charge in [0.1, 0.15) is 18.1 Å². The molecule has 0 radical (unpaired) electrons. The summed E-state index contributed by atoms with van der Waals surface area (Å²) in [5.41, 5.74) is 3.29. The van der Waals surface area contributed by atoms with E-state index in [1.807, 2.05) is 24.3 Å². The summed E-state index contributed by atoms with van der Waals surface area (Å²) in [6, 6.07) is 21.4. The zero-order valence-electron chi connectivity index (χ0n) is 16.2. The van der Waals surface area contributed by atoms with Crippen LogP contribution in [-0.2, 0) is 11.3 Å². The van der Waals surface area contributed by atoms with E-state index in [1.165, 1.54) is 0 Å². The molecule has 0 unspecified atom stereocenters. The molecule has 1 amide bonds. The van der Waals surface area contributed by atoms with Gasteiger partial charge in [0.05, 0.1) is 18.1 Å². The minimum absolute atomic E-state index is 0.200. The molecule has 30 heavy (non-hydrogen) atoms. The van der Waals surface area contributed by atoms with Gasteiger partial charge in [0, 0.05) is 22.9 Å². The highest BCUT2D eigenvalue weighted by molar-refractivity contribution is 6.04. The summed E-state index contributed by atoms with van der Waals surface area (Å²) in [7, 11) is 1.57. The van der Waals surface area contributed by atoms with E-state index in [1.54, 1.807) is 60.2 Å². The standard InChI is InChI=1S/C23H19N3O4/c1-30-18-6-4-5-17(13-18)24-23(29)16-11-9-15(10-12-16)22-25-19-7-2-3-8-20(19)26(22)14-21(27)28/h2-13H,14H2,1H3,(H,24,29)(H,27,28). The zero-order valence-corrected chi connectivity index (χ0v) is 16.2. The van der Waals surface area contributed by atoms with Crippen molar-refractivity contribution in [2.24, 2.45) is 0 Å². The lowest BCUT2D eigenvalue weighted by atomic mass is 10.1. The van der Waals surface area contributed by atoms with E-state index in [-0.39, 0.29) is 12.5 Å². The summed E-state index contributed by atoms with van der Waals surface area (Å²) in [5, 5.41) is 12.1. The first-order valence-corrected chi connectivity index (χ1v) is 9.28. The number of aliphatic carboxylic acids is 1. The predicted molar refractivity (Wildman–Crippen MR) is 114 cm³/mol. The number of anilines is 1. The van der Waals surface area contributed by atoms with Crippen LogP contribution in [0.2, 0.25) is 0 Å². The Labute approximate surface area is 172 Å². The van der Waals surface area contributed by atoms with Crippen LogP contribution >= 0.6 is 0 Å². The van der Waals surface area contributed by atoms with E-state index in [9.17, 15) is 14.7 Å². The van der Waals surface area contributed by atoms with Gasteiger partial charge in [0.25, 0.3) is 5.91 Å². The number of para-hydroxylation sites is 2. The smallest absolute Gasteiger partial charge is 0.323 e. The summed E-state index contributed by atoms with van der Waals surface area (Å²) >= 11 is 0. The van der Waals surface area contributed by atoms with Crippen molar-refractivity contribution >= 4 is 28.6 Å². The first-order chi connectivity index (χ1) is 14.5. The fourth-order valence-electron chi connectivity index (χ4n) is 3.27. The molecule has 2 N–H and O–H groups in total. The molecule has 150 valence electrons. The monoisotopic (exact) mass is 401 g/mol. The zero-order chi connectivity index (χ0) is 21.1. The van der Waals surface area contributed by atoms with Crippen molar-refractivity contribution in [1.29, 1.82) is 0 Å². The third-order valence-electron chi connectivity index (χ3n) is 4.68. The molecule has 4 aromatic rings. The molecule has 0 aliphatic carbocycles. The third kappa shape index (κ3) is 3.86. The van der Waals surface area contributed by atoms with Crippen LogP contribution in [0.1, 0.15) is 10.4 Å². The minimum atomic E-state index is -0.950. The molecule has 0 saturated carbocycles. The normalized spacial score (nSPS) is 10.7. The number of benzene rings is 3. The number of rotatable bonds is 6. The number of fused-ring (bicyclic) bond motifs is 1. The van der Waals surface area contributed by atoms with Crippen molar-refractivity contribution < 1.29 is 19.4 Å². The van der Waals surface area contributed by atoms with Gasteiger partial charge in [-0.05, 0) is 36.4 Å². The van der Waals surface area contributed by atoms with Crippen LogP contribution in [0.15, 0.2) is 72.8 Å². The second kappa shape index (κ2) is 8.08. The Morgan fingerprint density at radius 2 is 1.80 bits per heavy atom. The third-order valence-corrected chi connectivity index (χ3v) is 4.68. The van der Waals surface area contributed by atoms with E-state index in [2.05, 4.69) is 10.3 Å². The molecule has 0 fully saturated rings. The molecule has 1 aromatic heterocycles. The summed E-state index contributed by atoms with van der Waals surface area (Å²) in [6.45, 7) is -0.200. The van der Waals surface area contributed by atoms with Gasteiger partial charge in [-0.25, -0.2) is 4.98 Å². The minimum Gasteiger partial charge on any atom is -0.497 e. The number of ether oxygens (including phenoxy) is 1. The van der Waals surface area contributed by atoms with Crippen molar-refractivity contribution in [3.05, 3.63) is 78.4 Å². The van der Waals surface area contributed by atoms with Crippen molar-refractivity contribution in [1.82, 2.24) is 9.55 Å². The highest BCUT2D eigenvalue weighted by Gasteiger charge is 2.15. The Balaban J connectivity index is 1.62. The molecule has 3 aromatic carbocycles. The van der Waals surface area contributed by atoms with Gasteiger partial charge in [-0.1, -0.05) is 30.3 Å². The number of hydrogen-bond donors (Lipinski definition) is 2. The average molecular weight is 401 g/mol. The number of nitrogens with one attached hydrogen (secondary N) is 1. The first-order valence-electron chi connectivity index (χ1n) is 9.28. The van der Waals surface area contributed by atoms with Gasteiger partial charge in [-0.3, -0.25) is 9.59 Å². The first kappa shape index (κ1) is 19.2. The van der Waals surface area contributed by atoms with Crippen molar-refractivity contribution in [3.8, 4) is 17.1 Å². The number of hydrogen-bond acceptors (Lipinski definition) is 4. The van der Waals surface area contributed by atoms with Crippen molar-refractivity contribution in [3.63, 3.8) is 0 Å². The fourth-order valence-corrected chi connectivity index (χ4v) is 3.27. The molecule has 7 heteroatoms. The van der Waals surface area contributed by atoms with Gasteiger partial charge < -0.3 is 19.7 Å². The van der Waals surface area contributed by atoms with Crippen molar-refractivity contribution in [2.45, 2.75) is 6.54 Å². The molecule has 1 heterocycles. The highest BCUT2D eigenvalue weighted by atomic mass is 16.5. The Morgan fingerprint density at radius 1 is 1.03 bits per heavy atom. The molecule has 4 rings (SSSR count). The van der Waals surface area contributed by atoms with E-state index in [4.69, 9.17) is 4.74 Å². The number of nitrogens with zero attached hydrogens (tertiary/aromatic N) is 2. The van der Waals surface area contributed by atoms with Crippen LogP contribution in [0.3, 0.4) is 0 Å². The highest BCUT2D eigenvalue weighted by Crippen LogP contribution is 2.25. The maximum absolute atomic E-state index is 12.6. The Kier molecular flexibility index (Phi) is 5.17. The molecule has 0 saturated heterocycles. The Hall–Kier alpha value is -4.13. The van der Waals surface area contributed by atoms with Gasteiger partial charge in [0.15, 0.2) is 0 Å². The molecule has 0 aliphatic heterocycles. The Bertz CT molecular complexity index is 1230. The Morgan fingerprint density at radius 3 is 2.53 bits per heavy atom. The number of aromatic nitrogens is 2. The number of carbonyl (C=O) groups excluding carboxylic acids is 1.